The average Bonchev–Trinajstić information content (AvgIpc) is 1.62. The lowest BCUT2D eigenvalue weighted by molar-refractivity contribution is 0.504. The minimum absolute atomic E-state index is 0. The molecule has 1 aliphatic carbocycles. The highest BCUT2D eigenvalue weighted by Crippen LogP contribution is 2.15. The van der Waals surface area contributed by atoms with Crippen molar-refractivity contribution < 1.29 is 4.70 Å². The molecule has 56 valence electrons. The van der Waals surface area contributed by atoms with Gasteiger partial charge in [0.2, 0.25) is 0 Å². The molecule has 1 saturated carbocycles. The molecule has 1 heteroatoms. The molecule has 0 aliphatic heterocycles. The van der Waals surface area contributed by atoms with Gasteiger partial charge in [0.25, 0.3) is 0 Å². The Morgan fingerprint density at radius 3 is 0.556 bits per heavy atom. The van der Waals surface area contributed by atoms with Crippen molar-refractivity contribution in [3.05, 3.63) is 0 Å². The summed E-state index contributed by atoms with van der Waals surface area (Å²) in [5, 5.41) is 0. The van der Waals surface area contributed by atoms with Crippen LogP contribution in [0.2, 0.25) is 0 Å². The summed E-state index contributed by atoms with van der Waals surface area (Å²) in [6.45, 7) is 0. The van der Waals surface area contributed by atoms with E-state index in [1.54, 1.807) is 0 Å². The molecule has 0 amide bonds. The zero-order valence-corrected chi connectivity index (χ0v) is 6.07. The molecule has 0 aromatic heterocycles. The van der Waals surface area contributed by atoms with Gasteiger partial charge in [-0.1, -0.05) is 51.4 Å². The summed E-state index contributed by atoms with van der Waals surface area (Å²) in [6, 6.07) is 0. The minimum Gasteiger partial charge on any atom is -0.269 e. The first-order valence-corrected chi connectivity index (χ1v) is 4.00. The fourth-order valence-electron chi connectivity index (χ4n) is 1.41. The molecule has 0 bridgehead atoms. The van der Waals surface area contributed by atoms with Gasteiger partial charge in [-0.3, -0.25) is 4.70 Å². The SMILES string of the molecule is C1CCCCCCC1.F. The maximum absolute atomic E-state index is 1.50. The summed E-state index contributed by atoms with van der Waals surface area (Å²) in [7, 11) is 0. The molecule has 0 nitrogen and oxygen atoms in total. The normalized spacial score (nSPS) is 21.3. The molecule has 1 rings (SSSR count). The third-order valence-electron chi connectivity index (χ3n) is 2.00. The van der Waals surface area contributed by atoms with Crippen LogP contribution in [0.3, 0.4) is 0 Å². The van der Waals surface area contributed by atoms with Gasteiger partial charge in [-0.15, -0.1) is 0 Å². The molecule has 0 aromatic carbocycles. The van der Waals surface area contributed by atoms with E-state index in [9.17, 15) is 0 Å². The topological polar surface area (TPSA) is 0 Å². The Kier molecular flexibility index (Phi) is 6.01. The van der Waals surface area contributed by atoms with E-state index in [-0.39, 0.29) is 4.70 Å². The molecule has 9 heavy (non-hydrogen) atoms. The van der Waals surface area contributed by atoms with Crippen molar-refractivity contribution in [2.45, 2.75) is 51.4 Å². The van der Waals surface area contributed by atoms with Gasteiger partial charge < -0.3 is 0 Å². The Morgan fingerprint density at radius 1 is 0.333 bits per heavy atom. The summed E-state index contributed by atoms with van der Waals surface area (Å²) in [5.41, 5.74) is 0. The van der Waals surface area contributed by atoms with Gasteiger partial charge >= 0.3 is 0 Å². The Hall–Kier alpha value is -0.0700. The molecular formula is C8H17F. The van der Waals surface area contributed by atoms with E-state index in [4.69, 9.17) is 0 Å². The third-order valence-corrected chi connectivity index (χ3v) is 2.00. The van der Waals surface area contributed by atoms with Crippen LogP contribution in [0.1, 0.15) is 51.4 Å². The fourth-order valence-corrected chi connectivity index (χ4v) is 1.41. The average molecular weight is 132 g/mol. The molecular weight excluding hydrogens is 115 g/mol. The van der Waals surface area contributed by atoms with Crippen molar-refractivity contribution in [1.82, 2.24) is 0 Å². The van der Waals surface area contributed by atoms with E-state index in [2.05, 4.69) is 0 Å². The summed E-state index contributed by atoms with van der Waals surface area (Å²) in [6.07, 6.45) is 12.0. The quantitative estimate of drug-likeness (QED) is 0.474. The van der Waals surface area contributed by atoms with Crippen molar-refractivity contribution in [3.63, 3.8) is 0 Å². The Bertz CT molecular complexity index is 28.5. The molecule has 0 N–H and O–H groups in total. The number of halogens is 1. The van der Waals surface area contributed by atoms with Crippen LogP contribution >= 0.6 is 0 Å². The second-order valence-corrected chi connectivity index (χ2v) is 2.83. The highest BCUT2D eigenvalue weighted by molar-refractivity contribution is 4.51. The molecule has 1 fully saturated rings. The Balaban J connectivity index is 0.000000640. The predicted octanol–water partition coefficient (Wildman–Crippen LogP) is 3.27. The Labute approximate surface area is 57.0 Å². The van der Waals surface area contributed by atoms with E-state index >= 15 is 0 Å². The van der Waals surface area contributed by atoms with Crippen molar-refractivity contribution in [2.24, 2.45) is 0 Å². The van der Waals surface area contributed by atoms with Crippen molar-refractivity contribution in [3.8, 4) is 0 Å². The molecule has 0 heterocycles. The number of hydrogen-bond acceptors (Lipinski definition) is 0. The molecule has 0 saturated heterocycles. The van der Waals surface area contributed by atoms with Gasteiger partial charge in [0.1, 0.15) is 0 Å². The maximum Gasteiger partial charge on any atom is -0.0533 e. The largest absolute Gasteiger partial charge is 0.269 e. The Morgan fingerprint density at radius 2 is 0.444 bits per heavy atom. The highest BCUT2D eigenvalue weighted by Gasteiger charge is 1.95. The van der Waals surface area contributed by atoms with Gasteiger partial charge in [0, 0.05) is 0 Å². The lowest BCUT2D eigenvalue weighted by Gasteiger charge is -2.05. The van der Waals surface area contributed by atoms with E-state index in [0.29, 0.717) is 0 Å². The summed E-state index contributed by atoms with van der Waals surface area (Å²) in [4.78, 5) is 0. The highest BCUT2D eigenvalue weighted by atomic mass is 19.0. The van der Waals surface area contributed by atoms with Crippen LogP contribution in [0.5, 0.6) is 0 Å². The van der Waals surface area contributed by atoms with Crippen LogP contribution < -0.4 is 0 Å². The van der Waals surface area contributed by atoms with Crippen LogP contribution in [0.4, 0.5) is 4.70 Å². The van der Waals surface area contributed by atoms with Gasteiger partial charge in [0.15, 0.2) is 0 Å². The van der Waals surface area contributed by atoms with E-state index in [1.807, 2.05) is 0 Å². The van der Waals surface area contributed by atoms with E-state index in [0.717, 1.165) is 0 Å². The molecule has 0 radical (unpaired) electrons. The zero-order valence-electron chi connectivity index (χ0n) is 6.07. The van der Waals surface area contributed by atoms with Crippen molar-refractivity contribution in [2.75, 3.05) is 0 Å². The first-order chi connectivity index (χ1) is 4.00. The van der Waals surface area contributed by atoms with Crippen LogP contribution in [-0.2, 0) is 0 Å². The van der Waals surface area contributed by atoms with Crippen molar-refractivity contribution in [1.29, 1.82) is 0 Å². The number of rotatable bonds is 0. The second-order valence-electron chi connectivity index (χ2n) is 2.83. The third kappa shape index (κ3) is 4.43. The van der Waals surface area contributed by atoms with Crippen LogP contribution in [0, 0.1) is 0 Å². The van der Waals surface area contributed by atoms with Gasteiger partial charge in [0.05, 0.1) is 0 Å². The summed E-state index contributed by atoms with van der Waals surface area (Å²) >= 11 is 0. The molecule has 0 aromatic rings. The lowest BCUT2D eigenvalue weighted by Crippen LogP contribution is -1.85. The molecule has 0 spiro atoms. The lowest BCUT2D eigenvalue weighted by atomic mass is 10.0. The first kappa shape index (κ1) is 8.93. The molecule has 1 aliphatic rings. The smallest absolute Gasteiger partial charge is 0.0533 e. The van der Waals surface area contributed by atoms with Crippen LogP contribution in [0.25, 0.3) is 0 Å². The monoisotopic (exact) mass is 132 g/mol. The van der Waals surface area contributed by atoms with Gasteiger partial charge in [-0.25, -0.2) is 0 Å². The van der Waals surface area contributed by atoms with E-state index < -0.39 is 0 Å². The van der Waals surface area contributed by atoms with Gasteiger partial charge in [-0.05, 0) is 0 Å². The maximum atomic E-state index is 1.50. The molecule has 0 atom stereocenters. The van der Waals surface area contributed by atoms with Crippen LogP contribution in [-0.4, -0.2) is 0 Å². The van der Waals surface area contributed by atoms with Crippen LogP contribution in [0.15, 0.2) is 0 Å². The minimum atomic E-state index is 0. The van der Waals surface area contributed by atoms with E-state index in [1.165, 1.54) is 51.4 Å². The summed E-state index contributed by atoms with van der Waals surface area (Å²) in [5.74, 6) is 0. The first-order valence-electron chi connectivity index (χ1n) is 4.00. The van der Waals surface area contributed by atoms with Crippen molar-refractivity contribution >= 4 is 0 Å². The second kappa shape index (κ2) is 6.06. The summed E-state index contributed by atoms with van der Waals surface area (Å²) < 4.78 is 0. The predicted molar refractivity (Wildman–Crippen MR) is 39.4 cm³/mol. The fraction of sp³-hybridized carbons (Fsp3) is 1.00. The number of hydrogen-bond donors (Lipinski definition) is 0. The molecule has 0 unspecified atom stereocenters. The standard InChI is InChI=1S/C8H16.FH/c1-2-4-6-8-7-5-3-1;/h1-8H2;1H. The zero-order chi connectivity index (χ0) is 5.66. The van der Waals surface area contributed by atoms with Gasteiger partial charge in [-0.2, -0.15) is 0 Å².